The van der Waals surface area contributed by atoms with Crippen LogP contribution in [0.1, 0.15) is 32.3 Å². The van der Waals surface area contributed by atoms with Crippen LogP contribution in [0.3, 0.4) is 0 Å². The summed E-state index contributed by atoms with van der Waals surface area (Å²) in [6.07, 6.45) is 2.07. The lowest BCUT2D eigenvalue weighted by Crippen LogP contribution is -2.54. The van der Waals surface area contributed by atoms with Gasteiger partial charge in [-0.05, 0) is 31.5 Å². The van der Waals surface area contributed by atoms with Crippen LogP contribution in [0.25, 0.3) is 0 Å². The molecular weight excluding hydrogens is 252 g/mol. The van der Waals surface area contributed by atoms with Crippen LogP contribution in [0.5, 0.6) is 0 Å². The van der Waals surface area contributed by atoms with E-state index >= 15 is 0 Å². The minimum atomic E-state index is -1.11. The molecule has 4 heteroatoms. The number of nitrogens with two attached hydrogens (primary N) is 1. The third kappa shape index (κ3) is 4.05. The van der Waals surface area contributed by atoms with Gasteiger partial charge in [-0.3, -0.25) is 0 Å². The van der Waals surface area contributed by atoms with Gasteiger partial charge in [-0.15, -0.1) is 0 Å². The summed E-state index contributed by atoms with van der Waals surface area (Å²) in [5, 5.41) is 0. The Balaban J connectivity index is 3.02. The predicted octanol–water partition coefficient (Wildman–Crippen LogP) is 2.14. The Morgan fingerprint density at radius 1 is 1.20 bits per heavy atom. The van der Waals surface area contributed by atoms with E-state index in [1.165, 1.54) is 7.11 Å². The molecule has 0 aromatic heterocycles. The molecule has 1 rings (SSSR count). The van der Waals surface area contributed by atoms with Gasteiger partial charge in [-0.2, -0.15) is 0 Å². The van der Waals surface area contributed by atoms with Gasteiger partial charge >= 0.3 is 5.97 Å². The average molecular weight is 278 g/mol. The van der Waals surface area contributed by atoms with Crippen LogP contribution < -0.4 is 5.73 Å². The number of benzene rings is 1. The molecule has 0 bridgehead atoms. The summed E-state index contributed by atoms with van der Waals surface area (Å²) in [5.41, 5.74) is 6.10. The summed E-state index contributed by atoms with van der Waals surface area (Å²) in [5.74, 6) is -0.388. The molecule has 0 fully saturated rings. The second-order valence-corrected chi connectivity index (χ2v) is 5.11. The highest BCUT2D eigenvalue weighted by molar-refractivity contribution is 5.82. The molecule has 0 radical (unpaired) electrons. The van der Waals surface area contributed by atoms with E-state index in [1.54, 1.807) is 0 Å². The van der Waals surface area contributed by atoms with Crippen LogP contribution in [-0.2, 0) is 15.1 Å². The Kier molecular flexibility index (Phi) is 6.68. The van der Waals surface area contributed by atoms with Gasteiger partial charge in [0.2, 0.25) is 0 Å². The molecule has 1 aromatic rings. The Bertz CT molecular complexity index is 402. The first kappa shape index (κ1) is 16.7. The third-order valence-electron chi connectivity index (χ3n) is 3.39. The molecule has 1 aromatic carbocycles. The quantitative estimate of drug-likeness (QED) is 0.740. The highest BCUT2D eigenvalue weighted by Crippen LogP contribution is 2.21. The number of hydrogen-bond acceptors (Lipinski definition) is 4. The molecule has 0 heterocycles. The SMILES string of the molecule is CCCN(CCC)CC(N)(C(=O)OC)c1ccccc1. The summed E-state index contributed by atoms with van der Waals surface area (Å²) < 4.78 is 4.94. The van der Waals surface area contributed by atoms with E-state index in [2.05, 4.69) is 18.7 Å². The van der Waals surface area contributed by atoms with E-state index < -0.39 is 5.54 Å². The van der Waals surface area contributed by atoms with Crippen molar-refractivity contribution in [1.82, 2.24) is 4.90 Å². The lowest BCUT2D eigenvalue weighted by atomic mass is 9.90. The molecule has 4 nitrogen and oxygen atoms in total. The van der Waals surface area contributed by atoms with Gasteiger partial charge in [-0.1, -0.05) is 44.2 Å². The Morgan fingerprint density at radius 2 is 1.75 bits per heavy atom. The Labute approximate surface area is 121 Å². The van der Waals surface area contributed by atoms with Crippen LogP contribution in [0, 0.1) is 0 Å². The van der Waals surface area contributed by atoms with E-state index in [0.717, 1.165) is 31.5 Å². The van der Waals surface area contributed by atoms with Gasteiger partial charge in [-0.25, -0.2) is 4.79 Å². The highest BCUT2D eigenvalue weighted by atomic mass is 16.5. The molecule has 20 heavy (non-hydrogen) atoms. The summed E-state index contributed by atoms with van der Waals surface area (Å²) >= 11 is 0. The van der Waals surface area contributed by atoms with Crippen LogP contribution in [0.2, 0.25) is 0 Å². The van der Waals surface area contributed by atoms with Gasteiger partial charge in [0.15, 0.2) is 5.54 Å². The summed E-state index contributed by atoms with van der Waals surface area (Å²) in [4.78, 5) is 14.4. The first-order chi connectivity index (χ1) is 9.58. The number of carbonyl (C=O) groups is 1. The smallest absolute Gasteiger partial charge is 0.331 e. The Hall–Kier alpha value is -1.39. The van der Waals surface area contributed by atoms with Crippen LogP contribution in [-0.4, -0.2) is 37.6 Å². The maximum atomic E-state index is 12.2. The molecule has 1 unspecified atom stereocenters. The summed E-state index contributed by atoms with van der Waals surface area (Å²) in [7, 11) is 1.39. The normalized spacial score (nSPS) is 14.1. The number of ether oxygens (including phenoxy) is 1. The maximum absolute atomic E-state index is 12.2. The molecule has 0 aliphatic carbocycles. The lowest BCUT2D eigenvalue weighted by molar-refractivity contribution is -0.148. The fourth-order valence-corrected chi connectivity index (χ4v) is 2.45. The second-order valence-electron chi connectivity index (χ2n) is 5.11. The number of methoxy groups -OCH3 is 1. The summed E-state index contributed by atoms with van der Waals surface area (Å²) in [6.45, 7) is 6.58. The molecular formula is C16H26N2O2. The van der Waals surface area contributed by atoms with E-state index in [9.17, 15) is 4.79 Å². The van der Waals surface area contributed by atoms with Gasteiger partial charge in [0.1, 0.15) is 0 Å². The van der Waals surface area contributed by atoms with Crippen LogP contribution in [0.15, 0.2) is 30.3 Å². The monoisotopic (exact) mass is 278 g/mol. The van der Waals surface area contributed by atoms with Crippen molar-refractivity contribution in [2.45, 2.75) is 32.2 Å². The molecule has 0 saturated carbocycles. The topological polar surface area (TPSA) is 55.6 Å². The number of hydrogen-bond donors (Lipinski definition) is 1. The van der Waals surface area contributed by atoms with Crippen molar-refractivity contribution in [3.63, 3.8) is 0 Å². The summed E-state index contributed by atoms with van der Waals surface area (Å²) in [6, 6.07) is 9.46. The largest absolute Gasteiger partial charge is 0.467 e. The van der Waals surface area contributed by atoms with E-state index in [0.29, 0.717) is 6.54 Å². The van der Waals surface area contributed by atoms with Crippen molar-refractivity contribution in [2.24, 2.45) is 5.73 Å². The van der Waals surface area contributed by atoms with Crippen molar-refractivity contribution in [1.29, 1.82) is 0 Å². The minimum Gasteiger partial charge on any atom is -0.467 e. The Morgan fingerprint density at radius 3 is 2.20 bits per heavy atom. The zero-order valence-corrected chi connectivity index (χ0v) is 12.8. The molecule has 112 valence electrons. The minimum absolute atomic E-state index is 0.388. The number of nitrogens with zero attached hydrogens (tertiary/aromatic N) is 1. The first-order valence-electron chi connectivity index (χ1n) is 7.23. The first-order valence-corrected chi connectivity index (χ1v) is 7.23. The second kappa shape index (κ2) is 8.02. The molecule has 1 atom stereocenters. The maximum Gasteiger partial charge on any atom is 0.331 e. The predicted molar refractivity (Wildman–Crippen MR) is 81.3 cm³/mol. The molecule has 0 amide bonds. The van der Waals surface area contributed by atoms with Gasteiger partial charge in [0, 0.05) is 6.54 Å². The van der Waals surface area contributed by atoms with E-state index in [1.807, 2.05) is 30.3 Å². The molecule has 0 aliphatic rings. The zero-order chi connectivity index (χ0) is 15.0. The number of rotatable bonds is 8. The molecule has 0 spiro atoms. The standard InChI is InChI=1S/C16H26N2O2/c1-4-11-18(12-5-2)13-16(17,15(19)20-3)14-9-7-6-8-10-14/h6-10H,4-5,11-13,17H2,1-3H3. The van der Waals surface area contributed by atoms with Gasteiger partial charge in [0.05, 0.1) is 7.11 Å². The van der Waals surface area contributed by atoms with E-state index in [4.69, 9.17) is 10.5 Å². The fourth-order valence-electron chi connectivity index (χ4n) is 2.45. The van der Waals surface area contributed by atoms with Crippen molar-refractivity contribution >= 4 is 5.97 Å². The average Bonchev–Trinajstić information content (AvgIpc) is 2.47. The van der Waals surface area contributed by atoms with Crippen molar-refractivity contribution < 1.29 is 9.53 Å². The van der Waals surface area contributed by atoms with Crippen molar-refractivity contribution in [3.8, 4) is 0 Å². The molecule has 0 saturated heterocycles. The molecule has 2 N–H and O–H groups in total. The molecule has 0 aliphatic heterocycles. The third-order valence-corrected chi connectivity index (χ3v) is 3.39. The van der Waals surface area contributed by atoms with Crippen LogP contribution >= 0.6 is 0 Å². The van der Waals surface area contributed by atoms with E-state index in [-0.39, 0.29) is 5.97 Å². The van der Waals surface area contributed by atoms with Gasteiger partial charge < -0.3 is 15.4 Å². The van der Waals surface area contributed by atoms with Crippen molar-refractivity contribution in [2.75, 3.05) is 26.7 Å². The number of esters is 1. The lowest BCUT2D eigenvalue weighted by Gasteiger charge is -2.33. The number of carbonyl (C=O) groups excluding carboxylic acids is 1. The van der Waals surface area contributed by atoms with Gasteiger partial charge in [0.25, 0.3) is 0 Å². The zero-order valence-electron chi connectivity index (χ0n) is 12.8. The van der Waals surface area contributed by atoms with Crippen molar-refractivity contribution in [3.05, 3.63) is 35.9 Å². The highest BCUT2D eigenvalue weighted by Gasteiger charge is 2.38. The van der Waals surface area contributed by atoms with Crippen LogP contribution in [0.4, 0.5) is 0 Å². The fraction of sp³-hybridized carbons (Fsp3) is 0.562.